The summed E-state index contributed by atoms with van der Waals surface area (Å²) in [6, 6.07) is 11.4. The van der Waals surface area contributed by atoms with Gasteiger partial charge in [0.25, 0.3) is 0 Å². The zero-order valence-electron chi connectivity index (χ0n) is 65.4. The van der Waals surface area contributed by atoms with Crippen LogP contribution in [0.1, 0.15) is 109 Å². The highest BCUT2D eigenvalue weighted by atomic mass is 35.5. The average molecular weight is 1770 g/mol. The minimum Gasteiger partial charge on any atom is -0.508 e. The maximum Gasteiger partial charge on any atom is 0.248 e. The first-order valence-electron chi connectivity index (χ1n) is 38.4. The molecule has 7 aromatic rings. The van der Waals surface area contributed by atoms with Gasteiger partial charge in [-0.1, -0.05) is 102 Å². The van der Waals surface area contributed by atoms with E-state index in [9.17, 15) is 60.8 Å². The van der Waals surface area contributed by atoms with Crippen LogP contribution >= 0.6 is 46.4 Å². The summed E-state index contributed by atoms with van der Waals surface area (Å²) in [6.07, 6.45) is -18.7. The maximum atomic E-state index is 16.3. The Morgan fingerprint density at radius 1 is 0.672 bits per heavy atom. The van der Waals surface area contributed by atoms with Crippen molar-refractivity contribution < 1.29 is 112 Å². The van der Waals surface area contributed by atoms with Crippen molar-refractivity contribution in [2.45, 2.75) is 163 Å². The van der Waals surface area contributed by atoms with Crippen molar-refractivity contribution in [2.24, 2.45) is 22.5 Å². The second kappa shape index (κ2) is 39.4. The molecule has 0 aromatic heterocycles. The molecule has 0 spiro atoms. The lowest BCUT2D eigenvalue weighted by molar-refractivity contribution is -0.327. The fourth-order valence-electron chi connectivity index (χ4n) is 14.6. The molecule has 0 radical (unpaired) electrons. The van der Waals surface area contributed by atoms with Crippen molar-refractivity contribution in [1.29, 1.82) is 0 Å². The number of ether oxygens (including phenoxy) is 7. The topological polar surface area (TPSA) is 572 Å². The summed E-state index contributed by atoms with van der Waals surface area (Å²) in [7, 11) is 1.48. The van der Waals surface area contributed by atoms with E-state index in [1.54, 1.807) is 49.4 Å². The first-order valence-corrected chi connectivity index (χ1v) is 39.9. The van der Waals surface area contributed by atoms with E-state index in [-0.39, 0.29) is 78.0 Å². The third-order valence-corrected chi connectivity index (χ3v) is 22.2. The van der Waals surface area contributed by atoms with Crippen molar-refractivity contribution in [3.63, 3.8) is 0 Å². The highest BCUT2D eigenvalue weighted by molar-refractivity contribution is 6.42. The van der Waals surface area contributed by atoms with Gasteiger partial charge < -0.3 is 133 Å². The van der Waals surface area contributed by atoms with E-state index in [0.717, 1.165) is 71.8 Å². The zero-order chi connectivity index (χ0) is 87.8. The van der Waals surface area contributed by atoms with E-state index in [1.165, 1.54) is 25.2 Å². The first kappa shape index (κ1) is 90.2. The number of phenols is 3. The number of nitrogens with zero attached hydrogens (tertiary/aromatic N) is 3. The molecular formula is C81H88Cl4N14O23. The number of rotatable bonds is 22. The summed E-state index contributed by atoms with van der Waals surface area (Å²) in [6.45, 7) is 4.50. The Labute approximate surface area is 715 Å². The van der Waals surface area contributed by atoms with Crippen LogP contribution in [0.2, 0.25) is 20.1 Å². The van der Waals surface area contributed by atoms with Gasteiger partial charge >= 0.3 is 0 Å². The molecule has 648 valence electrons. The number of aliphatic hydroxyl groups is 5. The van der Waals surface area contributed by atoms with E-state index in [4.69, 9.17) is 91.0 Å². The van der Waals surface area contributed by atoms with E-state index < -0.39 is 232 Å². The highest BCUT2D eigenvalue weighted by Crippen LogP contribution is 2.50. The number of phenolic OH excluding ortho intramolecular Hbond substituents is 3. The summed E-state index contributed by atoms with van der Waals surface area (Å²) >= 11 is 26.7. The number of fused-ring (bicyclic) bond motifs is 15. The van der Waals surface area contributed by atoms with Crippen LogP contribution < -0.4 is 78.3 Å². The van der Waals surface area contributed by atoms with Gasteiger partial charge in [0.05, 0.1) is 57.4 Å². The van der Waals surface area contributed by atoms with Crippen molar-refractivity contribution in [1.82, 2.24) is 47.9 Å². The number of hydrogen-bond donors (Lipinski definition) is 19. The highest BCUT2D eigenvalue weighted by Gasteiger charge is 2.51. The number of nitrogens with one attached hydrogen (secondary N) is 9. The maximum absolute atomic E-state index is 16.3. The van der Waals surface area contributed by atoms with Crippen LogP contribution in [-0.4, -0.2) is 194 Å². The van der Waals surface area contributed by atoms with Gasteiger partial charge in [0.1, 0.15) is 102 Å². The van der Waals surface area contributed by atoms with Gasteiger partial charge in [0.15, 0.2) is 23.9 Å². The standard InChI is InChI=1S/C81H88Cl4N14O23/c1-33(2)19-50(89-4)74(109)97-65-68(105)38-9-15-54(47(84)22-38)118-56-24-40-25-57(72(56)122-81-73(71(108)70(107)58(120-81)31-92-99-88)121-60-29-49(67(104)34(3)117-60)91-30-35-5-11-42(12-6-35)116-32-36-7-13-45(82)46(83)20-36)119-55-16-10-39(23-48(55)85)69(106)66-80(115)96-64(76(111)90-18-17-86)44-26-41(100)27-53(102)61(44)43-21-37(8-14-52(43)101)62(77(112)98-66)95-78(113)63(40)94-75(110)51(28-59(87)103)93-79(65)114/h5-16,20-27,33-34,49-51,58,60,62-71,73,81,89,91,100-102,104-108H,17-19,28-32,86H2,1-4H3,(H2,87,103)(H,90,111)(H,93,114)(H,94,110)(H,95,113)(H,96,115)(H,97,109)(H,98,112)/t34?,49?,50-,51+,58?,60?,62?,63-,64-,65-,66+,67?,68-,69-,70?,71?,73?,81?/m1/s1. The molecule has 10 unspecified atom stereocenters. The molecule has 7 heterocycles. The monoisotopic (exact) mass is 1760 g/mol. The molecule has 21 N–H and O–H groups in total. The molecular weight excluding hydrogens is 1680 g/mol. The number of halogens is 4. The van der Waals surface area contributed by atoms with E-state index >= 15 is 24.0 Å². The third kappa shape index (κ3) is 20.8. The summed E-state index contributed by atoms with van der Waals surface area (Å²) in [5.41, 5.74) is 20.3. The number of carbonyl (C=O) groups is 8. The van der Waals surface area contributed by atoms with Crippen LogP contribution in [0.25, 0.3) is 21.6 Å². The van der Waals surface area contributed by atoms with E-state index in [2.05, 4.69) is 57.9 Å². The van der Waals surface area contributed by atoms with Gasteiger partial charge in [0.2, 0.25) is 59.3 Å². The van der Waals surface area contributed by atoms with Gasteiger partial charge in [-0.15, -0.1) is 0 Å². The lowest BCUT2D eigenvalue weighted by Crippen LogP contribution is -2.62. The molecule has 7 aromatic carbocycles. The van der Waals surface area contributed by atoms with E-state index in [0.29, 0.717) is 15.8 Å². The van der Waals surface area contributed by atoms with Crippen LogP contribution in [0.3, 0.4) is 0 Å². The van der Waals surface area contributed by atoms with Crippen LogP contribution in [0, 0.1) is 5.92 Å². The zero-order valence-corrected chi connectivity index (χ0v) is 68.4. The molecule has 14 rings (SSSR count). The number of aliphatic hydroxyl groups excluding tert-OH is 5. The van der Waals surface area contributed by atoms with Crippen LogP contribution in [-0.2, 0) is 65.7 Å². The number of primary amides is 1. The molecule has 7 aliphatic rings. The third-order valence-electron chi connectivity index (χ3n) is 20.9. The van der Waals surface area contributed by atoms with Crippen molar-refractivity contribution in [2.75, 3.05) is 26.7 Å². The summed E-state index contributed by atoms with van der Waals surface area (Å²) in [5, 5.41) is 123. The second-order valence-corrected chi connectivity index (χ2v) is 31.6. The normalized spacial score (nSPS) is 25.6. The Morgan fingerprint density at radius 2 is 1.32 bits per heavy atom. The van der Waals surface area contributed by atoms with Crippen molar-refractivity contribution in [3.8, 4) is 62.9 Å². The van der Waals surface area contributed by atoms with Crippen LogP contribution in [0.4, 0.5) is 0 Å². The van der Waals surface area contributed by atoms with Crippen LogP contribution in [0.5, 0.6) is 51.7 Å². The second-order valence-electron chi connectivity index (χ2n) is 29.9. The lowest BCUT2D eigenvalue weighted by Gasteiger charge is -2.45. The van der Waals surface area contributed by atoms with Crippen LogP contribution in [0.15, 0.2) is 126 Å². The van der Waals surface area contributed by atoms with Gasteiger partial charge in [-0.05, 0) is 150 Å². The Morgan fingerprint density at radius 3 is 1.96 bits per heavy atom. The number of aromatic hydroxyl groups is 3. The first-order chi connectivity index (χ1) is 58.2. The molecule has 8 amide bonds. The largest absolute Gasteiger partial charge is 0.508 e. The summed E-state index contributed by atoms with van der Waals surface area (Å²) in [4.78, 5) is 123. The summed E-state index contributed by atoms with van der Waals surface area (Å²) < 4.78 is 45.7. The van der Waals surface area contributed by atoms with Gasteiger partial charge in [-0.2, -0.15) is 0 Å². The molecule has 7 aliphatic heterocycles. The molecule has 122 heavy (non-hydrogen) atoms. The van der Waals surface area contributed by atoms with E-state index in [1.807, 2.05) is 13.8 Å². The number of amides is 8. The van der Waals surface area contributed by atoms with Gasteiger partial charge in [-0.25, -0.2) is 0 Å². The fourth-order valence-corrected chi connectivity index (χ4v) is 15.3. The van der Waals surface area contributed by atoms with Gasteiger partial charge in [0, 0.05) is 54.2 Å². The molecule has 2 fully saturated rings. The molecule has 18 atom stereocenters. The number of azide groups is 1. The Balaban J connectivity index is 1.03. The smallest absolute Gasteiger partial charge is 0.248 e. The molecule has 0 saturated carbocycles. The lowest BCUT2D eigenvalue weighted by atomic mass is 9.89. The molecule has 2 saturated heterocycles. The molecule has 37 nitrogen and oxygen atoms in total. The Kier molecular flexibility index (Phi) is 29.1. The molecule has 0 aliphatic carbocycles. The number of likely N-dealkylation sites (N-methyl/N-ethyl adjacent to an activating group) is 1. The van der Waals surface area contributed by atoms with Crippen molar-refractivity contribution in [3.05, 3.63) is 191 Å². The molecule has 41 heteroatoms. The number of benzene rings is 7. The number of carbonyl (C=O) groups excluding carboxylic acids is 8. The Bertz CT molecular complexity index is 5170. The predicted molar refractivity (Wildman–Crippen MR) is 436 cm³/mol. The molecule has 11 bridgehead atoms. The minimum absolute atomic E-state index is 0.113. The predicted octanol–water partition coefficient (Wildman–Crippen LogP) is 4.74. The fraction of sp³-hybridized carbons (Fsp3) is 0.383. The number of nitrogens with two attached hydrogens (primary N) is 2. The Hall–Kier alpha value is -11.1. The van der Waals surface area contributed by atoms with Crippen molar-refractivity contribution >= 4 is 93.7 Å². The summed E-state index contributed by atoms with van der Waals surface area (Å²) in [5.74, 6) is -14.4. The minimum atomic E-state index is -2.37. The SMILES string of the molecule is CN[C@H](CC(C)C)C(=O)N[C@H]1C(=O)N[C@@H](CC(N)=O)C(=O)N[C@H]2C(=O)NC3C(=O)N[C@H](C(=O)N[C@@H](C(=O)NCCN)c4cc(O)cc(O)c4-c4cc3ccc4O)[C@H](O)c3ccc(c(Cl)c3)Oc3cc2cc(c3OC2OC(CN=[N+]=[N-])C(O)C(O)C2OC2CC(NCc3ccc(OCc4ccc(Cl)c(Cl)c4)cc3)C(O)C(C)O2)Oc2ccc(cc2Cl)[C@H]1O. The van der Waals surface area contributed by atoms with Gasteiger partial charge in [-0.3, -0.25) is 38.4 Å². The number of hydrogen-bond acceptors (Lipinski definition) is 27. The average Bonchev–Trinajstić information content (AvgIpc) is 0.769. The quantitative estimate of drug-likeness (QED) is 0.0247.